The number of rotatable bonds is 1. The summed E-state index contributed by atoms with van der Waals surface area (Å²) in [4.78, 5) is 12.2. The van der Waals surface area contributed by atoms with Crippen LogP contribution in [0.5, 0.6) is 0 Å². The van der Waals surface area contributed by atoms with Gasteiger partial charge in [0.2, 0.25) is 5.91 Å². The summed E-state index contributed by atoms with van der Waals surface area (Å²) in [5, 5.41) is 6.04. The number of amides is 1. The summed E-state index contributed by atoms with van der Waals surface area (Å²) in [5.74, 6) is -0.253. The Kier molecular flexibility index (Phi) is 3.43. The van der Waals surface area contributed by atoms with Gasteiger partial charge in [0.1, 0.15) is 0 Å². The SMILES string of the molecule is O=C1NCC(c2cccc(C(F)(F)F)c2)C12CCCNC2. The van der Waals surface area contributed by atoms with Crippen molar-refractivity contribution in [2.75, 3.05) is 19.6 Å². The molecule has 1 spiro atoms. The van der Waals surface area contributed by atoms with Gasteiger partial charge in [-0.05, 0) is 31.0 Å². The number of piperidine rings is 1. The highest BCUT2D eigenvalue weighted by atomic mass is 19.4. The molecule has 0 aliphatic carbocycles. The van der Waals surface area contributed by atoms with Crippen molar-refractivity contribution in [3.63, 3.8) is 0 Å². The normalized spacial score (nSPS) is 29.7. The van der Waals surface area contributed by atoms with Crippen molar-refractivity contribution < 1.29 is 18.0 Å². The molecule has 2 saturated heterocycles. The zero-order chi connectivity index (χ0) is 15.1. The van der Waals surface area contributed by atoms with E-state index in [1.54, 1.807) is 6.07 Å². The molecule has 2 atom stereocenters. The molecule has 114 valence electrons. The standard InChI is InChI=1S/C15H17F3N2O/c16-15(17,18)11-4-1-3-10(7-11)12-8-20-13(21)14(12)5-2-6-19-9-14/h1,3-4,7,12,19H,2,5-6,8-9H2,(H,20,21). The molecule has 2 fully saturated rings. The number of carbonyl (C=O) groups excluding carboxylic acids is 1. The molecule has 2 N–H and O–H groups in total. The molecule has 3 rings (SSSR count). The van der Waals surface area contributed by atoms with E-state index < -0.39 is 17.2 Å². The lowest BCUT2D eigenvalue weighted by Crippen LogP contribution is -2.47. The molecule has 1 aromatic carbocycles. The third-order valence-electron chi connectivity index (χ3n) is 4.62. The van der Waals surface area contributed by atoms with Crippen LogP contribution in [0.25, 0.3) is 0 Å². The fraction of sp³-hybridized carbons (Fsp3) is 0.533. The van der Waals surface area contributed by atoms with Gasteiger partial charge >= 0.3 is 6.18 Å². The first kappa shape index (κ1) is 14.4. The van der Waals surface area contributed by atoms with Crippen LogP contribution in [0.1, 0.15) is 29.9 Å². The molecule has 0 bridgehead atoms. The van der Waals surface area contributed by atoms with Crippen LogP contribution in [0.15, 0.2) is 24.3 Å². The first-order chi connectivity index (χ1) is 9.93. The first-order valence-electron chi connectivity index (χ1n) is 7.10. The van der Waals surface area contributed by atoms with Gasteiger partial charge in [0, 0.05) is 19.0 Å². The van der Waals surface area contributed by atoms with Crippen molar-refractivity contribution >= 4 is 5.91 Å². The fourth-order valence-electron chi connectivity index (χ4n) is 3.51. The van der Waals surface area contributed by atoms with E-state index in [1.807, 2.05) is 0 Å². The summed E-state index contributed by atoms with van der Waals surface area (Å²) in [6.07, 6.45) is -2.78. The van der Waals surface area contributed by atoms with Crippen molar-refractivity contribution in [1.82, 2.24) is 10.6 Å². The van der Waals surface area contributed by atoms with E-state index in [0.717, 1.165) is 19.0 Å². The van der Waals surface area contributed by atoms with E-state index in [9.17, 15) is 18.0 Å². The van der Waals surface area contributed by atoms with E-state index >= 15 is 0 Å². The van der Waals surface area contributed by atoms with Gasteiger partial charge < -0.3 is 10.6 Å². The number of hydrogen-bond acceptors (Lipinski definition) is 2. The van der Waals surface area contributed by atoms with Crippen LogP contribution in [0, 0.1) is 5.41 Å². The third kappa shape index (κ3) is 2.41. The van der Waals surface area contributed by atoms with Crippen LogP contribution in [-0.2, 0) is 11.0 Å². The van der Waals surface area contributed by atoms with Gasteiger partial charge in [0.05, 0.1) is 11.0 Å². The second-order valence-corrected chi connectivity index (χ2v) is 5.82. The quantitative estimate of drug-likeness (QED) is 0.835. The Morgan fingerprint density at radius 2 is 2.10 bits per heavy atom. The van der Waals surface area contributed by atoms with Gasteiger partial charge in [0.25, 0.3) is 0 Å². The van der Waals surface area contributed by atoms with Crippen LogP contribution in [0.4, 0.5) is 13.2 Å². The third-order valence-corrected chi connectivity index (χ3v) is 4.62. The number of nitrogens with one attached hydrogen (secondary N) is 2. The Labute approximate surface area is 120 Å². The maximum Gasteiger partial charge on any atom is 0.416 e. The largest absolute Gasteiger partial charge is 0.416 e. The minimum absolute atomic E-state index is 0.0443. The number of halogens is 3. The van der Waals surface area contributed by atoms with Gasteiger partial charge in [-0.3, -0.25) is 4.79 Å². The number of alkyl halides is 3. The van der Waals surface area contributed by atoms with Gasteiger partial charge in [-0.1, -0.05) is 18.2 Å². The molecule has 3 nitrogen and oxygen atoms in total. The first-order valence-corrected chi connectivity index (χ1v) is 7.10. The number of benzene rings is 1. The van der Waals surface area contributed by atoms with Crippen LogP contribution in [-0.4, -0.2) is 25.5 Å². The molecular formula is C15H17F3N2O. The average molecular weight is 298 g/mol. The molecule has 2 unspecified atom stereocenters. The van der Waals surface area contributed by atoms with E-state index in [1.165, 1.54) is 12.1 Å². The van der Waals surface area contributed by atoms with Crippen molar-refractivity contribution in [3.05, 3.63) is 35.4 Å². The summed E-state index contributed by atoms with van der Waals surface area (Å²) in [6, 6.07) is 5.36. The highest BCUT2D eigenvalue weighted by molar-refractivity contribution is 5.87. The number of hydrogen-bond donors (Lipinski definition) is 2. The van der Waals surface area contributed by atoms with Crippen molar-refractivity contribution in [2.45, 2.75) is 24.9 Å². The monoisotopic (exact) mass is 298 g/mol. The summed E-state index contributed by atoms with van der Waals surface area (Å²) in [5.41, 5.74) is -0.673. The lowest BCUT2D eigenvalue weighted by Gasteiger charge is -2.36. The molecule has 6 heteroatoms. The zero-order valence-corrected chi connectivity index (χ0v) is 11.5. The Bertz CT molecular complexity index is 550. The predicted molar refractivity (Wildman–Crippen MR) is 71.7 cm³/mol. The van der Waals surface area contributed by atoms with Crippen molar-refractivity contribution in [2.24, 2.45) is 5.41 Å². The molecule has 2 aliphatic heterocycles. The van der Waals surface area contributed by atoms with Crippen LogP contribution < -0.4 is 10.6 Å². The summed E-state index contributed by atoms with van der Waals surface area (Å²) in [6.45, 7) is 1.78. The predicted octanol–water partition coefficient (Wildman–Crippen LogP) is 2.29. The van der Waals surface area contributed by atoms with E-state index in [2.05, 4.69) is 10.6 Å². The van der Waals surface area contributed by atoms with Gasteiger partial charge in [0.15, 0.2) is 0 Å². The zero-order valence-electron chi connectivity index (χ0n) is 11.5. The Morgan fingerprint density at radius 3 is 2.76 bits per heavy atom. The van der Waals surface area contributed by atoms with E-state index in [0.29, 0.717) is 25.1 Å². The van der Waals surface area contributed by atoms with Gasteiger partial charge in [-0.25, -0.2) is 0 Å². The molecular weight excluding hydrogens is 281 g/mol. The second kappa shape index (κ2) is 5.02. The minimum atomic E-state index is -4.36. The van der Waals surface area contributed by atoms with Gasteiger partial charge in [-0.15, -0.1) is 0 Å². The Balaban J connectivity index is 1.97. The second-order valence-electron chi connectivity index (χ2n) is 5.82. The summed E-state index contributed by atoms with van der Waals surface area (Å²) >= 11 is 0. The molecule has 0 saturated carbocycles. The lowest BCUT2D eigenvalue weighted by atomic mass is 9.69. The highest BCUT2D eigenvalue weighted by Gasteiger charge is 2.51. The van der Waals surface area contributed by atoms with E-state index in [4.69, 9.17) is 0 Å². The van der Waals surface area contributed by atoms with Crippen LogP contribution in [0.2, 0.25) is 0 Å². The molecule has 1 amide bonds. The van der Waals surface area contributed by atoms with E-state index in [-0.39, 0.29) is 11.8 Å². The fourth-order valence-corrected chi connectivity index (χ4v) is 3.51. The van der Waals surface area contributed by atoms with Crippen LogP contribution in [0.3, 0.4) is 0 Å². The Hall–Kier alpha value is -1.56. The maximum absolute atomic E-state index is 12.9. The van der Waals surface area contributed by atoms with Crippen molar-refractivity contribution in [1.29, 1.82) is 0 Å². The molecule has 2 aliphatic rings. The topological polar surface area (TPSA) is 41.1 Å². The minimum Gasteiger partial charge on any atom is -0.355 e. The average Bonchev–Trinajstić information content (AvgIpc) is 2.76. The smallest absolute Gasteiger partial charge is 0.355 e. The number of carbonyl (C=O) groups is 1. The summed E-state index contributed by atoms with van der Waals surface area (Å²) < 4.78 is 38.6. The van der Waals surface area contributed by atoms with Crippen molar-refractivity contribution in [3.8, 4) is 0 Å². The van der Waals surface area contributed by atoms with Crippen LogP contribution >= 0.6 is 0 Å². The summed E-state index contributed by atoms with van der Waals surface area (Å²) in [7, 11) is 0. The Morgan fingerprint density at radius 1 is 1.29 bits per heavy atom. The molecule has 0 radical (unpaired) electrons. The maximum atomic E-state index is 12.9. The molecule has 2 heterocycles. The molecule has 0 aromatic heterocycles. The molecule has 1 aromatic rings. The lowest BCUT2D eigenvalue weighted by molar-refractivity contribution is -0.137. The highest BCUT2D eigenvalue weighted by Crippen LogP contribution is 2.45. The molecule has 21 heavy (non-hydrogen) atoms. The van der Waals surface area contributed by atoms with Gasteiger partial charge in [-0.2, -0.15) is 13.2 Å².